The van der Waals surface area contributed by atoms with E-state index in [-0.39, 0.29) is 4.91 Å². The van der Waals surface area contributed by atoms with Gasteiger partial charge in [-0.3, -0.25) is 19.5 Å². The molecular weight excluding hydrogens is 366 g/mol. The summed E-state index contributed by atoms with van der Waals surface area (Å²) in [6.07, 6.45) is 5.12. The van der Waals surface area contributed by atoms with E-state index in [2.05, 4.69) is 14.3 Å². The molecule has 0 saturated carbocycles. The van der Waals surface area contributed by atoms with E-state index in [4.69, 9.17) is 0 Å². The summed E-state index contributed by atoms with van der Waals surface area (Å²) in [4.78, 5) is 41.8. The Bertz CT molecular complexity index is 949. The molecule has 27 heavy (non-hydrogen) atoms. The number of aromatic nitrogens is 2. The monoisotopic (exact) mass is 385 g/mol. The van der Waals surface area contributed by atoms with Crippen LogP contribution in [-0.4, -0.2) is 44.7 Å². The normalized spacial score (nSPS) is 16.9. The van der Waals surface area contributed by atoms with Crippen LogP contribution in [0.1, 0.15) is 23.9 Å². The molecule has 0 bridgehead atoms. The van der Waals surface area contributed by atoms with Crippen molar-refractivity contribution in [3.8, 4) is 5.69 Å². The third-order valence-electron chi connectivity index (χ3n) is 4.43. The van der Waals surface area contributed by atoms with Crippen LogP contribution in [0, 0.1) is 13.8 Å². The number of aryl methyl sites for hydroxylation is 1. The Morgan fingerprint density at radius 2 is 1.93 bits per heavy atom. The highest BCUT2D eigenvalue weighted by molar-refractivity contribution is 8.18. The molecule has 8 heteroatoms. The van der Waals surface area contributed by atoms with Gasteiger partial charge in [-0.15, -0.1) is 0 Å². The van der Waals surface area contributed by atoms with Crippen LogP contribution < -0.4 is 0 Å². The van der Waals surface area contributed by atoms with Crippen molar-refractivity contribution in [2.24, 2.45) is 0 Å². The molecule has 0 N–H and O–H groups in total. The Morgan fingerprint density at radius 1 is 1.26 bits per heavy atom. The molecule has 3 heterocycles. The maximum absolute atomic E-state index is 12.6. The quantitative estimate of drug-likeness (QED) is 0.594. The summed E-state index contributed by atoms with van der Waals surface area (Å²) in [5.74, 6) is -1.12. The van der Waals surface area contributed by atoms with Gasteiger partial charge in [0, 0.05) is 29.5 Å². The second-order valence-corrected chi connectivity index (χ2v) is 7.11. The standard InChI is InChI=1S/C19H19N3O4S/c1-11-9-14(12(2)21(11)15-5-7-20-8-6-15)10-16-17(23)22(19(25)27-16)13(3)18(24)26-4/h5-10,13H,1-4H3/b16-10+/t13-/m1/s1. The lowest BCUT2D eigenvalue weighted by Crippen LogP contribution is -2.42. The molecular formula is C19H19N3O4S. The van der Waals surface area contributed by atoms with Gasteiger partial charge < -0.3 is 9.30 Å². The van der Waals surface area contributed by atoms with Gasteiger partial charge in [0.1, 0.15) is 6.04 Å². The second-order valence-electron chi connectivity index (χ2n) is 6.12. The van der Waals surface area contributed by atoms with Crippen molar-refractivity contribution in [2.75, 3.05) is 7.11 Å². The molecule has 140 valence electrons. The summed E-state index contributed by atoms with van der Waals surface area (Å²) in [6, 6.07) is 4.79. The number of rotatable bonds is 4. The van der Waals surface area contributed by atoms with Gasteiger partial charge in [0.05, 0.1) is 12.0 Å². The van der Waals surface area contributed by atoms with Gasteiger partial charge in [0.2, 0.25) is 0 Å². The van der Waals surface area contributed by atoms with Crippen LogP contribution in [0.3, 0.4) is 0 Å². The minimum Gasteiger partial charge on any atom is -0.467 e. The molecule has 0 aromatic carbocycles. The molecule has 2 aromatic rings. The summed E-state index contributed by atoms with van der Waals surface area (Å²) in [5, 5.41) is -0.480. The number of ether oxygens (including phenoxy) is 1. The Kier molecular flexibility index (Phi) is 5.18. The lowest BCUT2D eigenvalue weighted by molar-refractivity contribution is -0.148. The molecule has 0 radical (unpaired) electrons. The molecule has 1 atom stereocenters. The largest absolute Gasteiger partial charge is 0.467 e. The Morgan fingerprint density at radius 3 is 2.56 bits per heavy atom. The summed E-state index contributed by atoms with van der Waals surface area (Å²) < 4.78 is 6.69. The molecule has 1 saturated heterocycles. The molecule has 3 rings (SSSR count). The van der Waals surface area contributed by atoms with Crippen LogP contribution in [0.2, 0.25) is 0 Å². The van der Waals surface area contributed by atoms with Crippen molar-refractivity contribution in [1.29, 1.82) is 0 Å². The minimum absolute atomic E-state index is 0.283. The third kappa shape index (κ3) is 3.40. The summed E-state index contributed by atoms with van der Waals surface area (Å²) in [7, 11) is 1.22. The predicted molar refractivity (Wildman–Crippen MR) is 102 cm³/mol. The van der Waals surface area contributed by atoms with Gasteiger partial charge in [-0.25, -0.2) is 4.79 Å². The number of imide groups is 1. The van der Waals surface area contributed by atoms with Gasteiger partial charge in [0.25, 0.3) is 11.1 Å². The zero-order chi connectivity index (χ0) is 19.7. The summed E-state index contributed by atoms with van der Waals surface area (Å²) in [5.41, 5.74) is 3.73. The predicted octanol–water partition coefficient (Wildman–Crippen LogP) is 3.09. The summed E-state index contributed by atoms with van der Waals surface area (Å²) in [6.45, 7) is 5.39. The first-order valence-corrected chi connectivity index (χ1v) is 9.11. The molecule has 0 aliphatic carbocycles. The van der Waals surface area contributed by atoms with E-state index in [1.165, 1.54) is 14.0 Å². The first kappa shape index (κ1) is 18.9. The van der Waals surface area contributed by atoms with Gasteiger partial charge >= 0.3 is 5.97 Å². The number of methoxy groups -OCH3 is 1. The topological polar surface area (TPSA) is 81.5 Å². The fraction of sp³-hybridized carbons (Fsp3) is 0.263. The number of carbonyl (C=O) groups excluding carboxylic acids is 3. The fourth-order valence-corrected chi connectivity index (χ4v) is 3.95. The highest BCUT2D eigenvalue weighted by atomic mass is 32.2. The molecule has 7 nitrogen and oxygen atoms in total. The van der Waals surface area contributed by atoms with Crippen molar-refractivity contribution in [1.82, 2.24) is 14.5 Å². The molecule has 1 aliphatic heterocycles. The van der Waals surface area contributed by atoms with Gasteiger partial charge in [-0.2, -0.15) is 0 Å². The Hall–Kier alpha value is -2.87. The minimum atomic E-state index is -0.961. The lowest BCUT2D eigenvalue weighted by atomic mass is 10.2. The van der Waals surface area contributed by atoms with E-state index in [9.17, 15) is 14.4 Å². The average Bonchev–Trinajstić information content (AvgIpc) is 3.09. The van der Waals surface area contributed by atoms with Crippen LogP contribution in [-0.2, 0) is 14.3 Å². The lowest BCUT2D eigenvalue weighted by Gasteiger charge is -2.18. The number of carbonyl (C=O) groups is 3. The average molecular weight is 385 g/mol. The van der Waals surface area contributed by atoms with Crippen molar-refractivity contribution >= 4 is 35.0 Å². The number of nitrogens with zero attached hydrogens (tertiary/aromatic N) is 3. The number of thioether (sulfide) groups is 1. The SMILES string of the molecule is COC(=O)[C@@H](C)N1C(=O)S/C(=C/c2cc(C)n(-c3ccncc3)c2C)C1=O. The Labute approximate surface area is 161 Å². The number of amides is 2. The van der Waals surface area contributed by atoms with Gasteiger partial charge in [-0.05, 0) is 62.4 Å². The van der Waals surface area contributed by atoms with Crippen LogP contribution in [0.5, 0.6) is 0 Å². The molecule has 2 amide bonds. The third-order valence-corrected chi connectivity index (χ3v) is 5.31. The molecule has 2 aromatic heterocycles. The van der Waals surface area contributed by atoms with E-state index in [1.54, 1.807) is 18.5 Å². The smallest absolute Gasteiger partial charge is 0.328 e. The van der Waals surface area contributed by atoms with Crippen LogP contribution in [0.25, 0.3) is 11.8 Å². The van der Waals surface area contributed by atoms with E-state index >= 15 is 0 Å². The number of esters is 1. The first-order valence-electron chi connectivity index (χ1n) is 8.29. The van der Waals surface area contributed by atoms with E-state index in [0.29, 0.717) is 0 Å². The summed E-state index contributed by atoms with van der Waals surface area (Å²) >= 11 is 0.824. The van der Waals surface area contributed by atoms with Crippen molar-refractivity contribution < 1.29 is 19.1 Å². The van der Waals surface area contributed by atoms with Crippen molar-refractivity contribution in [2.45, 2.75) is 26.8 Å². The zero-order valence-corrected chi connectivity index (χ0v) is 16.2. The highest BCUT2D eigenvalue weighted by Gasteiger charge is 2.41. The van der Waals surface area contributed by atoms with Crippen molar-refractivity contribution in [3.63, 3.8) is 0 Å². The Balaban J connectivity index is 1.96. The molecule has 1 aliphatic rings. The maximum atomic E-state index is 12.6. The number of hydrogen-bond donors (Lipinski definition) is 0. The van der Waals surface area contributed by atoms with Crippen molar-refractivity contribution in [3.05, 3.63) is 52.4 Å². The van der Waals surface area contributed by atoms with Gasteiger partial charge in [0.15, 0.2) is 0 Å². The first-order chi connectivity index (χ1) is 12.8. The van der Waals surface area contributed by atoms with Gasteiger partial charge in [-0.1, -0.05) is 0 Å². The maximum Gasteiger partial charge on any atom is 0.328 e. The van der Waals surface area contributed by atoms with E-state index in [0.717, 1.165) is 39.3 Å². The van der Waals surface area contributed by atoms with E-state index < -0.39 is 23.2 Å². The molecule has 0 unspecified atom stereocenters. The van der Waals surface area contributed by atoms with Crippen LogP contribution >= 0.6 is 11.8 Å². The fourth-order valence-electron chi connectivity index (χ4n) is 3.06. The zero-order valence-electron chi connectivity index (χ0n) is 15.4. The number of hydrogen-bond acceptors (Lipinski definition) is 6. The highest BCUT2D eigenvalue weighted by Crippen LogP contribution is 2.35. The van der Waals surface area contributed by atoms with E-state index in [1.807, 2.05) is 32.0 Å². The molecule has 1 fully saturated rings. The number of pyridine rings is 1. The van der Waals surface area contributed by atoms with Crippen LogP contribution in [0.4, 0.5) is 4.79 Å². The molecule has 0 spiro atoms. The van der Waals surface area contributed by atoms with Crippen LogP contribution in [0.15, 0.2) is 35.5 Å². The second kappa shape index (κ2) is 7.40.